The molecule has 0 aromatic heterocycles. The molecule has 2 aromatic rings. The van der Waals surface area contributed by atoms with Crippen LogP contribution in [0.2, 0.25) is 0 Å². The molecule has 2 aromatic carbocycles. The second-order valence-corrected chi connectivity index (χ2v) is 5.39. The highest BCUT2D eigenvalue weighted by atomic mass is 35.5. The lowest BCUT2D eigenvalue weighted by molar-refractivity contribution is -0.130. The molecule has 2 rings (SSSR count). The van der Waals surface area contributed by atoms with E-state index < -0.39 is 5.38 Å². The van der Waals surface area contributed by atoms with E-state index in [9.17, 15) is 4.79 Å². The molecule has 0 spiro atoms. The van der Waals surface area contributed by atoms with Crippen molar-refractivity contribution in [3.05, 3.63) is 71.3 Å². The summed E-state index contributed by atoms with van der Waals surface area (Å²) in [7, 11) is 1.78. The van der Waals surface area contributed by atoms with Crippen molar-refractivity contribution in [1.29, 1.82) is 0 Å². The van der Waals surface area contributed by atoms with Crippen LogP contribution in [0.4, 0.5) is 0 Å². The Morgan fingerprint density at radius 3 is 2.50 bits per heavy atom. The Kier molecular flexibility index (Phi) is 4.80. The molecule has 0 fully saturated rings. The molecule has 0 saturated carbocycles. The second-order valence-electron chi connectivity index (χ2n) is 4.96. The third-order valence-electron chi connectivity index (χ3n) is 3.19. The number of benzene rings is 2. The van der Waals surface area contributed by atoms with E-state index in [4.69, 9.17) is 11.6 Å². The molecule has 1 atom stereocenters. The van der Waals surface area contributed by atoms with Crippen LogP contribution in [0, 0.1) is 6.92 Å². The highest BCUT2D eigenvalue weighted by molar-refractivity contribution is 6.30. The molecule has 2 nitrogen and oxygen atoms in total. The van der Waals surface area contributed by atoms with Gasteiger partial charge in [-0.25, -0.2) is 0 Å². The van der Waals surface area contributed by atoms with Crippen LogP contribution in [-0.4, -0.2) is 17.9 Å². The predicted octanol–water partition coefficient (Wildman–Crippen LogP) is 3.93. The number of carbonyl (C=O) groups excluding carboxylic acids is 1. The monoisotopic (exact) mass is 287 g/mol. The Hall–Kier alpha value is -1.80. The molecule has 0 aliphatic carbocycles. The number of alkyl halides is 1. The maximum absolute atomic E-state index is 12.3. The molecule has 0 N–H and O–H groups in total. The number of carbonyl (C=O) groups is 1. The molecule has 3 heteroatoms. The fraction of sp³-hybridized carbons (Fsp3) is 0.235. The van der Waals surface area contributed by atoms with Crippen molar-refractivity contribution in [2.45, 2.75) is 18.8 Å². The summed E-state index contributed by atoms with van der Waals surface area (Å²) in [5, 5.41) is -0.633. The first-order valence-electron chi connectivity index (χ1n) is 6.57. The zero-order valence-electron chi connectivity index (χ0n) is 11.7. The molecule has 20 heavy (non-hydrogen) atoms. The standard InChI is InChI=1S/C17H18ClNO/c1-13-7-6-8-14(11-13)12-19(2)17(20)16(18)15-9-4-3-5-10-15/h3-11,16H,12H2,1-2H3. The molecule has 0 aliphatic heterocycles. The van der Waals surface area contributed by atoms with Crippen LogP contribution in [-0.2, 0) is 11.3 Å². The van der Waals surface area contributed by atoms with Crippen molar-refractivity contribution >= 4 is 17.5 Å². The first-order valence-corrected chi connectivity index (χ1v) is 7.01. The number of nitrogens with zero attached hydrogens (tertiary/aromatic N) is 1. The molecule has 0 saturated heterocycles. The molecule has 0 bridgehead atoms. The van der Waals surface area contributed by atoms with Gasteiger partial charge in [-0.15, -0.1) is 11.6 Å². The van der Waals surface area contributed by atoms with E-state index in [1.165, 1.54) is 5.56 Å². The van der Waals surface area contributed by atoms with Crippen molar-refractivity contribution in [2.75, 3.05) is 7.05 Å². The predicted molar refractivity (Wildman–Crippen MR) is 82.7 cm³/mol. The summed E-state index contributed by atoms with van der Waals surface area (Å²) in [6, 6.07) is 17.6. The molecule has 1 unspecified atom stereocenters. The van der Waals surface area contributed by atoms with Gasteiger partial charge in [0.05, 0.1) is 0 Å². The van der Waals surface area contributed by atoms with Gasteiger partial charge in [0, 0.05) is 13.6 Å². The number of aryl methyl sites for hydroxylation is 1. The highest BCUT2D eigenvalue weighted by Crippen LogP contribution is 2.23. The Morgan fingerprint density at radius 2 is 1.85 bits per heavy atom. The van der Waals surface area contributed by atoms with Gasteiger partial charge in [-0.3, -0.25) is 4.79 Å². The van der Waals surface area contributed by atoms with Gasteiger partial charge < -0.3 is 4.90 Å². The van der Waals surface area contributed by atoms with E-state index >= 15 is 0 Å². The zero-order chi connectivity index (χ0) is 14.5. The summed E-state index contributed by atoms with van der Waals surface area (Å²) >= 11 is 6.26. The van der Waals surface area contributed by atoms with E-state index in [-0.39, 0.29) is 5.91 Å². The maximum atomic E-state index is 12.3. The summed E-state index contributed by atoms with van der Waals surface area (Å²) in [6.45, 7) is 2.61. The molecule has 1 amide bonds. The SMILES string of the molecule is Cc1cccc(CN(C)C(=O)C(Cl)c2ccccc2)c1. The summed E-state index contributed by atoms with van der Waals surface area (Å²) in [5.41, 5.74) is 3.13. The number of hydrogen-bond donors (Lipinski definition) is 0. The van der Waals surface area contributed by atoms with Crippen molar-refractivity contribution in [2.24, 2.45) is 0 Å². The van der Waals surface area contributed by atoms with Crippen molar-refractivity contribution in [3.63, 3.8) is 0 Å². The minimum Gasteiger partial charge on any atom is -0.340 e. The van der Waals surface area contributed by atoms with Crippen LogP contribution < -0.4 is 0 Å². The summed E-state index contributed by atoms with van der Waals surface area (Å²) in [4.78, 5) is 14.0. The van der Waals surface area contributed by atoms with Crippen molar-refractivity contribution in [3.8, 4) is 0 Å². The number of halogens is 1. The van der Waals surface area contributed by atoms with Crippen LogP contribution >= 0.6 is 11.6 Å². The molecule has 0 aliphatic rings. The number of amides is 1. The van der Waals surface area contributed by atoms with E-state index in [2.05, 4.69) is 6.07 Å². The number of hydrogen-bond acceptors (Lipinski definition) is 1. The molecule has 0 radical (unpaired) electrons. The summed E-state index contributed by atoms with van der Waals surface area (Å²) < 4.78 is 0. The van der Waals surface area contributed by atoms with Crippen LogP contribution in [0.1, 0.15) is 22.1 Å². The van der Waals surface area contributed by atoms with Crippen molar-refractivity contribution in [1.82, 2.24) is 4.90 Å². The van der Waals surface area contributed by atoms with Gasteiger partial charge in [0.1, 0.15) is 5.38 Å². The van der Waals surface area contributed by atoms with Gasteiger partial charge in [0.25, 0.3) is 0 Å². The average Bonchev–Trinajstić information content (AvgIpc) is 2.46. The first-order chi connectivity index (χ1) is 9.58. The normalized spacial score (nSPS) is 11.9. The lowest BCUT2D eigenvalue weighted by atomic mass is 10.1. The Labute approximate surface area is 125 Å². The van der Waals surface area contributed by atoms with Gasteiger partial charge in [0.15, 0.2) is 0 Å². The van der Waals surface area contributed by atoms with Gasteiger partial charge in [0.2, 0.25) is 5.91 Å². The average molecular weight is 288 g/mol. The smallest absolute Gasteiger partial charge is 0.245 e. The Balaban J connectivity index is 2.05. The van der Waals surface area contributed by atoms with E-state index in [1.807, 2.05) is 55.5 Å². The maximum Gasteiger partial charge on any atom is 0.245 e. The zero-order valence-corrected chi connectivity index (χ0v) is 12.5. The van der Waals surface area contributed by atoms with Crippen molar-refractivity contribution < 1.29 is 4.79 Å². The molecular weight excluding hydrogens is 270 g/mol. The summed E-state index contributed by atoms with van der Waals surface area (Å²) in [6.07, 6.45) is 0. The largest absolute Gasteiger partial charge is 0.340 e. The lowest BCUT2D eigenvalue weighted by Crippen LogP contribution is -2.29. The van der Waals surface area contributed by atoms with E-state index in [0.717, 1.165) is 11.1 Å². The van der Waals surface area contributed by atoms with Crippen LogP contribution in [0.25, 0.3) is 0 Å². The molecule has 0 heterocycles. The third kappa shape index (κ3) is 3.61. The Bertz CT molecular complexity index is 583. The quantitative estimate of drug-likeness (QED) is 0.780. The van der Waals surface area contributed by atoms with E-state index in [1.54, 1.807) is 11.9 Å². The summed E-state index contributed by atoms with van der Waals surface area (Å²) in [5.74, 6) is -0.0839. The third-order valence-corrected chi connectivity index (χ3v) is 3.63. The van der Waals surface area contributed by atoms with Gasteiger partial charge >= 0.3 is 0 Å². The Morgan fingerprint density at radius 1 is 1.15 bits per heavy atom. The second kappa shape index (κ2) is 6.58. The molecule has 104 valence electrons. The fourth-order valence-corrected chi connectivity index (χ4v) is 2.43. The number of rotatable bonds is 4. The lowest BCUT2D eigenvalue weighted by Gasteiger charge is -2.20. The highest BCUT2D eigenvalue weighted by Gasteiger charge is 2.21. The van der Waals surface area contributed by atoms with Gasteiger partial charge in [-0.2, -0.15) is 0 Å². The van der Waals surface area contributed by atoms with Crippen LogP contribution in [0.3, 0.4) is 0 Å². The van der Waals surface area contributed by atoms with Crippen LogP contribution in [0.15, 0.2) is 54.6 Å². The van der Waals surface area contributed by atoms with Gasteiger partial charge in [-0.1, -0.05) is 60.2 Å². The first kappa shape index (κ1) is 14.6. The topological polar surface area (TPSA) is 20.3 Å². The molecular formula is C17H18ClNO. The van der Waals surface area contributed by atoms with E-state index in [0.29, 0.717) is 6.54 Å². The number of likely N-dealkylation sites (N-methyl/N-ethyl adjacent to an activating group) is 1. The fourth-order valence-electron chi connectivity index (χ4n) is 2.12. The minimum atomic E-state index is -0.633. The van der Waals surface area contributed by atoms with Gasteiger partial charge in [-0.05, 0) is 18.1 Å². The van der Waals surface area contributed by atoms with Crippen LogP contribution in [0.5, 0.6) is 0 Å². The minimum absolute atomic E-state index is 0.0839.